The number of benzene rings is 2. The third-order valence-electron chi connectivity index (χ3n) is 9.87. The molecule has 4 rings (SSSR count). The molecule has 5 atom stereocenters. The lowest BCUT2D eigenvalue weighted by molar-refractivity contribution is -0.136. The molecule has 2 fully saturated rings. The summed E-state index contributed by atoms with van der Waals surface area (Å²) in [5.41, 5.74) is -0.415. The fourth-order valence-corrected chi connectivity index (χ4v) is 12.6. The first-order valence-electron chi connectivity index (χ1n) is 14.7. The molecule has 214 valence electrons. The molecule has 2 bridgehead atoms. The van der Waals surface area contributed by atoms with Crippen LogP contribution in [-0.2, 0) is 18.4 Å². The van der Waals surface area contributed by atoms with E-state index in [-0.39, 0.29) is 34.1 Å². The van der Waals surface area contributed by atoms with Gasteiger partial charge in [0, 0.05) is 18.4 Å². The van der Waals surface area contributed by atoms with Crippen molar-refractivity contribution in [2.45, 2.75) is 109 Å². The lowest BCUT2D eigenvalue weighted by Crippen LogP contribution is -2.66. The zero-order chi connectivity index (χ0) is 28.7. The summed E-state index contributed by atoms with van der Waals surface area (Å²) in [6.07, 6.45) is 3.70. The van der Waals surface area contributed by atoms with Gasteiger partial charge in [0.25, 0.3) is 8.32 Å². The smallest absolute Gasteiger partial charge is 0.261 e. The number of rotatable bonds is 9. The first-order valence-corrected chi connectivity index (χ1v) is 19.5. The van der Waals surface area contributed by atoms with Crippen LogP contribution in [0.3, 0.4) is 0 Å². The van der Waals surface area contributed by atoms with Crippen molar-refractivity contribution in [3.8, 4) is 0 Å². The standard InChI is InChI=1S/C33H50O4Si2/c1-31(2,3)38(8,9)37-29-20-22-33(7)28(24-34)27(30(29)36-33)21-23-35-39(32(4,5)6,25-16-12-10-13-17-25)26-18-14-11-15-19-26/h10-19,24,27-30H,20-23H2,1-9H3/t27-,28+,29+,30-,33-/m0/s1. The number of aldehydes is 1. The van der Waals surface area contributed by atoms with Gasteiger partial charge in [-0.1, -0.05) is 102 Å². The Balaban J connectivity index is 1.64. The Morgan fingerprint density at radius 2 is 1.46 bits per heavy atom. The molecule has 2 aromatic carbocycles. The molecule has 0 N–H and O–H groups in total. The molecule has 39 heavy (non-hydrogen) atoms. The summed E-state index contributed by atoms with van der Waals surface area (Å²) in [6, 6.07) is 21.6. The SMILES string of the molecule is CC(C)(C)[Si](C)(C)O[C@@H]1CC[C@]2(C)O[C@H]1[C@@H](CCO[Si](c1ccccc1)(c1ccccc1)C(C)(C)C)[C@H]2C=O. The normalized spacial score (nSPS) is 27.9. The van der Waals surface area contributed by atoms with E-state index in [9.17, 15) is 4.79 Å². The van der Waals surface area contributed by atoms with E-state index in [0.717, 1.165) is 25.5 Å². The summed E-state index contributed by atoms with van der Waals surface area (Å²) in [6.45, 7) is 21.1. The van der Waals surface area contributed by atoms with Crippen molar-refractivity contribution in [2.75, 3.05) is 6.61 Å². The Morgan fingerprint density at radius 1 is 0.923 bits per heavy atom. The number of carbonyl (C=O) groups excluding carboxylic acids is 1. The molecule has 0 spiro atoms. The topological polar surface area (TPSA) is 44.8 Å². The average molecular weight is 567 g/mol. The monoisotopic (exact) mass is 566 g/mol. The second-order valence-corrected chi connectivity index (χ2v) is 23.5. The second kappa shape index (κ2) is 11.0. The van der Waals surface area contributed by atoms with E-state index in [1.165, 1.54) is 10.4 Å². The highest BCUT2D eigenvalue weighted by Crippen LogP contribution is 2.52. The Labute approximate surface area is 239 Å². The maximum atomic E-state index is 12.5. The third kappa shape index (κ3) is 5.65. The van der Waals surface area contributed by atoms with Crippen LogP contribution in [0.15, 0.2) is 60.7 Å². The molecule has 6 heteroatoms. The molecule has 2 aromatic rings. The van der Waals surface area contributed by atoms with Gasteiger partial charge < -0.3 is 18.4 Å². The molecule has 0 amide bonds. The third-order valence-corrected chi connectivity index (χ3v) is 19.4. The molecular weight excluding hydrogens is 517 g/mol. The zero-order valence-corrected chi connectivity index (χ0v) is 27.6. The number of ether oxygens (including phenoxy) is 1. The average Bonchev–Trinajstić information content (AvgIpc) is 3.09. The number of carbonyl (C=O) groups is 1. The van der Waals surface area contributed by atoms with Crippen molar-refractivity contribution in [3.63, 3.8) is 0 Å². The van der Waals surface area contributed by atoms with E-state index in [0.29, 0.717) is 6.61 Å². The highest BCUT2D eigenvalue weighted by molar-refractivity contribution is 6.99. The van der Waals surface area contributed by atoms with Gasteiger partial charge in [-0.15, -0.1) is 0 Å². The van der Waals surface area contributed by atoms with Gasteiger partial charge in [0.05, 0.1) is 17.8 Å². The molecule has 2 heterocycles. The Bertz CT molecular complexity index is 1070. The summed E-state index contributed by atoms with van der Waals surface area (Å²) in [5.74, 6) is -0.0544. The van der Waals surface area contributed by atoms with Gasteiger partial charge in [-0.25, -0.2) is 0 Å². The molecule has 0 radical (unpaired) electrons. The van der Waals surface area contributed by atoms with Crippen molar-refractivity contribution in [3.05, 3.63) is 60.7 Å². The fourth-order valence-electron chi connectivity index (χ4n) is 6.68. The van der Waals surface area contributed by atoms with E-state index in [2.05, 4.69) is 122 Å². The Morgan fingerprint density at radius 3 is 1.92 bits per heavy atom. The van der Waals surface area contributed by atoms with Crippen LogP contribution in [0, 0.1) is 11.8 Å². The van der Waals surface area contributed by atoms with E-state index in [1.807, 2.05) is 0 Å². The summed E-state index contributed by atoms with van der Waals surface area (Å²) in [7, 11) is -4.62. The summed E-state index contributed by atoms with van der Waals surface area (Å²) in [4.78, 5) is 12.5. The van der Waals surface area contributed by atoms with Crippen LogP contribution in [0.25, 0.3) is 0 Å². The molecule has 2 saturated heterocycles. The molecule has 0 aromatic heterocycles. The molecule has 0 unspecified atom stereocenters. The molecule has 2 aliphatic rings. The minimum Gasteiger partial charge on any atom is -0.411 e. The molecule has 0 saturated carbocycles. The van der Waals surface area contributed by atoms with E-state index in [4.69, 9.17) is 13.6 Å². The van der Waals surface area contributed by atoms with Crippen LogP contribution < -0.4 is 10.4 Å². The summed E-state index contributed by atoms with van der Waals surface area (Å²) >= 11 is 0. The maximum absolute atomic E-state index is 12.5. The largest absolute Gasteiger partial charge is 0.411 e. The van der Waals surface area contributed by atoms with Crippen molar-refractivity contribution < 1.29 is 18.4 Å². The van der Waals surface area contributed by atoms with Crippen molar-refractivity contribution in [1.29, 1.82) is 0 Å². The van der Waals surface area contributed by atoms with Crippen molar-refractivity contribution in [1.82, 2.24) is 0 Å². The van der Waals surface area contributed by atoms with Gasteiger partial charge in [-0.2, -0.15) is 0 Å². The highest BCUT2D eigenvalue weighted by atomic mass is 28.4. The Kier molecular flexibility index (Phi) is 8.58. The first-order chi connectivity index (χ1) is 18.2. The van der Waals surface area contributed by atoms with Gasteiger partial charge in [-0.3, -0.25) is 0 Å². The predicted octanol–water partition coefficient (Wildman–Crippen LogP) is 6.73. The van der Waals surface area contributed by atoms with Gasteiger partial charge in [0.1, 0.15) is 6.29 Å². The molecule has 0 aliphatic carbocycles. The number of hydrogen-bond donors (Lipinski definition) is 0. The lowest BCUT2D eigenvalue weighted by Gasteiger charge is -2.44. The Hall–Kier alpha value is -1.58. The highest BCUT2D eigenvalue weighted by Gasteiger charge is 2.59. The van der Waals surface area contributed by atoms with Crippen LogP contribution in [0.1, 0.15) is 67.7 Å². The van der Waals surface area contributed by atoms with Gasteiger partial charge in [0.15, 0.2) is 8.32 Å². The summed E-state index contributed by atoms with van der Waals surface area (Å²) < 4.78 is 20.9. The minimum atomic E-state index is -2.64. The van der Waals surface area contributed by atoms with Crippen molar-refractivity contribution >= 4 is 33.3 Å². The summed E-state index contributed by atoms with van der Waals surface area (Å²) in [5, 5.41) is 2.60. The van der Waals surface area contributed by atoms with E-state index in [1.54, 1.807) is 0 Å². The quantitative estimate of drug-likeness (QED) is 0.249. The molecule has 2 aliphatic heterocycles. The first kappa shape index (κ1) is 30.4. The van der Waals surface area contributed by atoms with Crippen molar-refractivity contribution in [2.24, 2.45) is 11.8 Å². The van der Waals surface area contributed by atoms with Gasteiger partial charge in [-0.05, 0) is 59.7 Å². The van der Waals surface area contributed by atoms with E-state index >= 15 is 0 Å². The minimum absolute atomic E-state index is 0.0294. The number of fused-ring (bicyclic) bond motifs is 2. The van der Waals surface area contributed by atoms with Crippen LogP contribution >= 0.6 is 0 Å². The van der Waals surface area contributed by atoms with Gasteiger partial charge >= 0.3 is 0 Å². The van der Waals surface area contributed by atoms with E-state index < -0.39 is 22.2 Å². The lowest BCUT2D eigenvalue weighted by atomic mass is 9.80. The van der Waals surface area contributed by atoms with Gasteiger partial charge in [0.2, 0.25) is 0 Å². The molecular formula is C33H50O4Si2. The fraction of sp³-hybridized carbons (Fsp3) is 0.606. The second-order valence-electron chi connectivity index (χ2n) is 14.5. The van der Waals surface area contributed by atoms with Crippen LogP contribution in [0.4, 0.5) is 0 Å². The predicted molar refractivity (Wildman–Crippen MR) is 166 cm³/mol. The van der Waals surface area contributed by atoms with Crippen LogP contribution in [0.5, 0.6) is 0 Å². The molecule has 4 nitrogen and oxygen atoms in total. The number of hydrogen-bond acceptors (Lipinski definition) is 4. The van der Waals surface area contributed by atoms with Crippen LogP contribution in [0.2, 0.25) is 23.2 Å². The van der Waals surface area contributed by atoms with Crippen LogP contribution in [-0.4, -0.2) is 47.3 Å². The zero-order valence-electron chi connectivity index (χ0n) is 25.6. The maximum Gasteiger partial charge on any atom is 0.261 e.